The zero-order valence-electron chi connectivity index (χ0n) is 22.1. The maximum atomic E-state index is 14.8. The first-order chi connectivity index (χ1) is 20.2. The second-order valence-electron chi connectivity index (χ2n) is 9.47. The number of nitriles is 2. The molecule has 1 unspecified atom stereocenters. The molecule has 4 N–H and O–H groups in total. The Bertz CT molecular complexity index is 1870. The first-order valence-corrected chi connectivity index (χ1v) is 13.2. The standard InChI is InChI=1S/C29H20Cl2F2N8/c30-21-6-7-23(32)29(25(21)33)38-26-17(12-35)13-36-28-20(26)9-18(10-22(28)31)37-27(16-3-1-2-15(8-16)11-34)24-14-41(40-39-24)19-4-5-19/h1-3,6-10,13-14,19,27,37,39-40H,4-5H2,(H,36,38)/i27D. The molecule has 3 aromatic carbocycles. The van der Waals surface area contributed by atoms with E-state index in [2.05, 4.69) is 32.6 Å². The summed E-state index contributed by atoms with van der Waals surface area (Å²) in [6.45, 7) is 0. The average molecular weight is 590 g/mol. The summed E-state index contributed by atoms with van der Waals surface area (Å²) in [5, 5.41) is 27.2. The summed E-state index contributed by atoms with van der Waals surface area (Å²) in [6.07, 6.45) is 5.07. The lowest BCUT2D eigenvalue weighted by molar-refractivity contribution is 0.260. The highest BCUT2D eigenvalue weighted by Gasteiger charge is 2.32. The minimum atomic E-state index is -1.65. The predicted molar refractivity (Wildman–Crippen MR) is 153 cm³/mol. The lowest BCUT2D eigenvalue weighted by atomic mass is 10.0. The Hall–Kier alpha value is -4.61. The van der Waals surface area contributed by atoms with Crippen molar-refractivity contribution in [2.75, 3.05) is 10.6 Å². The molecule has 1 aliphatic carbocycles. The zero-order valence-corrected chi connectivity index (χ0v) is 22.6. The quantitative estimate of drug-likeness (QED) is 0.174. The number of anilines is 3. The fraction of sp³-hybridized carbons (Fsp3) is 0.138. The molecule has 0 bridgehead atoms. The van der Waals surface area contributed by atoms with Crippen molar-refractivity contribution in [3.05, 3.63) is 105 Å². The fourth-order valence-electron chi connectivity index (χ4n) is 4.51. The molecule has 0 radical (unpaired) electrons. The summed E-state index contributed by atoms with van der Waals surface area (Å²) in [5.41, 5.74) is 7.51. The van der Waals surface area contributed by atoms with Gasteiger partial charge in [0.2, 0.25) is 0 Å². The van der Waals surface area contributed by atoms with Gasteiger partial charge in [-0.3, -0.25) is 9.99 Å². The molecule has 0 amide bonds. The highest BCUT2D eigenvalue weighted by Crippen LogP contribution is 2.39. The van der Waals surface area contributed by atoms with Crippen LogP contribution in [0.25, 0.3) is 10.9 Å². The van der Waals surface area contributed by atoms with E-state index in [0.717, 1.165) is 25.0 Å². The summed E-state index contributed by atoms with van der Waals surface area (Å²) in [4.78, 5) is 4.29. The molecule has 2 heterocycles. The minimum absolute atomic E-state index is 0.00204. The predicted octanol–water partition coefficient (Wildman–Crippen LogP) is 6.79. The van der Waals surface area contributed by atoms with Crippen LogP contribution in [0.4, 0.5) is 25.8 Å². The zero-order chi connectivity index (χ0) is 29.6. The van der Waals surface area contributed by atoms with E-state index in [-0.39, 0.29) is 32.2 Å². The maximum absolute atomic E-state index is 14.8. The van der Waals surface area contributed by atoms with Gasteiger partial charge in [-0.1, -0.05) is 35.3 Å². The normalized spacial score (nSPS) is 16.2. The molecule has 8 nitrogen and oxygen atoms in total. The molecule has 0 saturated heterocycles. The van der Waals surface area contributed by atoms with Gasteiger partial charge in [0, 0.05) is 29.5 Å². The number of halogens is 4. The van der Waals surface area contributed by atoms with Crippen molar-refractivity contribution in [2.24, 2.45) is 0 Å². The van der Waals surface area contributed by atoms with E-state index in [1.807, 2.05) is 11.1 Å². The van der Waals surface area contributed by atoms with Crippen molar-refractivity contribution >= 4 is 51.2 Å². The Labute approximate surface area is 245 Å². The lowest BCUT2D eigenvalue weighted by Crippen LogP contribution is -2.38. The molecule has 2 aliphatic rings. The van der Waals surface area contributed by atoms with Crippen molar-refractivity contribution in [3.8, 4) is 12.1 Å². The first-order valence-electron chi connectivity index (χ1n) is 13.0. The topological polar surface area (TPSA) is 112 Å². The average Bonchev–Trinajstić information content (AvgIpc) is 3.72. The van der Waals surface area contributed by atoms with Gasteiger partial charge in [-0.25, -0.2) is 8.78 Å². The van der Waals surface area contributed by atoms with E-state index < -0.39 is 23.3 Å². The summed E-state index contributed by atoms with van der Waals surface area (Å²) < 4.78 is 39.1. The van der Waals surface area contributed by atoms with Gasteiger partial charge >= 0.3 is 0 Å². The Morgan fingerprint density at radius 3 is 2.66 bits per heavy atom. The molecular formula is C29H20Cl2F2N8. The van der Waals surface area contributed by atoms with E-state index in [1.165, 1.54) is 6.20 Å². The number of hydrogen-bond acceptors (Lipinski definition) is 8. The second kappa shape index (κ2) is 10.8. The number of hydrazine groups is 2. The van der Waals surface area contributed by atoms with Crippen molar-refractivity contribution < 1.29 is 10.2 Å². The molecular weight excluding hydrogens is 569 g/mol. The van der Waals surface area contributed by atoms with Crippen LogP contribution in [0.2, 0.25) is 10.0 Å². The number of rotatable bonds is 7. The highest BCUT2D eigenvalue weighted by atomic mass is 35.5. The minimum Gasteiger partial charge on any atom is -0.373 e. The van der Waals surface area contributed by atoms with Crippen molar-refractivity contribution in [1.82, 2.24) is 21.0 Å². The number of nitrogens with one attached hydrogen (secondary N) is 4. The van der Waals surface area contributed by atoms with Crippen molar-refractivity contribution in [2.45, 2.75) is 24.9 Å². The Balaban J connectivity index is 1.49. The number of nitrogens with zero attached hydrogens (tertiary/aromatic N) is 4. The van der Waals surface area contributed by atoms with Crippen LogP contribution < -0.4 is 21.6 Å². The van der Waals surface area contributed by atoms with Crippen LogP contribution >= 0.6 is 23.2 Å². The number of aromatic nitrogens is 1. The number of fused-ring (bicyclic) bond motifs is 1. The molecule has 1 atom stereocenters. The largest absolute Gasteiger partial charge is 0.373 e. The summed E-state index contributed by atoms with van der Waals surface area (Å²) in [7, 11) is 0. The van der Waals surface area contributed by atoms with E-state index in [4.69, 9.17) is 23.2 Å². The van der Waals surface area contributed by atoms with Crippen molar-refractivity contribution in [1.29, 1.82) is 10.5 Å². The van der Waals surface area contributed by atoms with Crippen LogP contribution in [0.5, 0.6) is 0 Å². The lowest BCUT2D eigenvalue weighted by Gasteiger charge is -2.22. The third-order valence-electron chi connectivity index (χ3n) is 6.69. The molecule has 1 fully saturated rings. The first kappa shape index (κ1) is 25.4. The molecule has 4 aromatic rings. The molecule has 0 spiro atoms. The summed E-state index contributed by atoms with van der Waals surface area (Å²) >= 11 is 12.5. The molecule has 204 valence electrons. The Morgan fingerprint density at radius 2 is 1.90 bits per heavy atom. The maximum Gasteiger partial charge on any atom is 0.168 e. The van der Waals surface area contributed by atoms with Gasteiger partial charge in [-0.05, 0) is 54.8 Å². The van der Waals surface area contributed by atoms with Crippen LogP contribution in [0.3, 0.4) is 0 Å². The Kier molecular flexibility index (Phi) is 6.65. The van der Waals surface area contributed by atoms with Gasteiger partial charge in [-0.15, -0.1) is 5.53 Å². The van der Waals surface area contributed by atoms with E-state index >= 15 is 0 Å². The molecule has 1 saturated carbocycles. The van der Waals surface area contributed by atoms with Crippen LogP contribution in [0.1, 0.15) is 36.9 Å². The molecule has 1 aromatic heterocycles. The molecule has 41 heavy (non-hydrogen) atoms. The third-order valence-corrected chi connectivity index (χ3v) is 7.27. The van der Waals surface area contributed by atoms with Gasteiger partial charge in [0.1, 0.15) is 17.6 Å². The third kappa shape index (κ3) is 5.17. The van der Waals surface area contributed by atoms with Crippen LogP contribution in [0, 0.1) is 34.3 Å². The van der Waals surface area contributed by atoms with Crippen LogP contribution in [-0.2, 0) is 0 Å². The van der Waals surface area contributed by atoms with Gasteiger partial charge in [0.15, 0.2) is 5.82 Å². The van der Waals surface area contributed by atoms with Crippen LogP contribution in [0.15, 0.2) is 66.6 Å². The van der Waals surface area contributed by atoms with E-state index in [1.54, 1.807) is 42.6 Å². The van der Waals surface area contributed by atoms with E-state index in [0.29, 0.717) is 28.6 Å². The van der Waals surface area contributed by atoms with Gasteiger partial charge in [0.05, 0.1) is 51.5 Å². The van der Waals surface area contributed by atoms with Gasteiger partial charge in [0.25, 0.3) is 0 Å². The fourth-order valence-corrected chi connectivity index (χ4v) is 4.93. The van der Waals surface area contributed by atoms with Crippen molar-refractivity contribution in [3.63, 3.8) is 0 Å². The molecule has 1 aliphatic heterocycles. The number of pyridine rings is 1. The second-order valence-corrected chi connectivity index (χ2v) is 10.3. The molecule has 12 heteroatoms. The SMILES string of the molecule is [2H]C(Nc1cc(Cl)c2ncc(C#N)c(Nc3c(F)ccc(Cl)c3F)c2c1)(C1=CN(C2CC2)NN1)c1cccc(C#N)c1. The van der Waals surface area contributed by atoms with Crippen LogP contribution in [-0.4, -0.2) is 16.0 Å². The highest BCUT2D eigenvalue weighted by molar-refractivity contribution is 6.36. The monoisotopic (exact) mass is 589 g/mol. The van der Waals surface area contributed by atoms with Gasteiger partial charge in [-0.2, -0.15) is 10.5 Å². The Morgan fingerprint density at radius 1 is 1.07 bits per heavy atom. The summed E-state index contributed by atoms with van der Waals surface area (Å²) in [5.74, 6) is -1.94. The van der Waals surface area contributed by atoms with E-state index in [9.17, 15) is 20.7 Å². The number of hydrogen-bond donors (Lipinski definition) is 4. The van der Waals surface area contributed by atoms with Gasteiger partial charge < -0.3 is 16.1 Å². The number of benzene rings is 3. The molecule has 6 rings (SSSR count). The summed E-state index contributed by atoms with van der Waals surface area (Å²) in [6, 6.07) is 14.6. The smallest absolute Gasteiger partial charge is 0.168 e.